The molecule has 3 rings (SSSR count). The minimum Gasteiger partial charge on any atom is -0.382 e. The van der Waals surface area contributed by atoms with E-state index >= 15 is 0 Å². The van der Waals surface area contributed by atoms with Gasteiger partial charge >= 0.3 is 0 Å². The third-order valence-electron chi connectivity index (χ3n) is 2.43. The van der Waals surface area contributed by atoms with E-state index in [4.69, 9.17) is 5.73 Å². The molecule has 0 aliphatic carbocycles. The molecular formula is C13H13N5O. The first kappa shape index (κ1) is 12.7. The van der Waals surface area contributed by atoms with Crippen LogP contribution in [0, 0.1) is 0 Å². The van der Waals surface area contributed by atoms with Crippen LogP contribution in [0.5, 0.6) is 0 Å². The summed E-state index contributed by atoms with van der Waals surface area (Å²) in [6, 6.07) is 9.23. The predicted octanol–water partition coefficient (Wildman–Crippen LogP) is 1.82. The predicted molar refractivity (Wildman–Crippen MR) is 72.5 cm³/mol. The molecule has 96 valence electrons. The molecule has 0 radical (unpaired) electrons. The molecule has 3 aromatic rings. The number of nitrogens with two attached hydrogens (primary N) is 1. The SMILES string of the molecule is CC(=O)c1ccccc1.Nc1ncnc2nc[nH]c12. The van der Waals surface area contributed by atoms with Crippen LogP contribution in [-0.4, -0.2) is 25.7 Å². The zero-order valence-electron chi connectivity index (χ0n) is 10.4. The highest BCUT2D eigenvalue weighted by molar-refractivity contribution is 5.93. The first-order chi connectivity index (χ1) is 9.18. The average Bonchev–Trinajstić information content (AvgIpc) is 2.90. The lowest BCUT2D eigenvalue weighted by atomic mass is 10.2. The van der Waals surface area contributed by atoms with E-state index in [9.17, 15) is 4.79 Å². The van der Waals surface area contributed by atoms with E-state index in [1.54, 1.807) is 6.92 Å². The van der Waals surface area contributed by atoms with Gasteiger partial charge in [0.1, 0.15) is 11.8 Å². The number of ketones is 1. The number of carbonyl (C=O) groups is 1. The molecule has 0 saturated heterocycles. The van der Waals surface area contributed by atoms with Crippen molar-refractivity contribution in [3.05, 3.63) is 48.5 Å². The van der Waals surface area contributed by atoms with Gasteiger partial charge in [0.25, 0.3) is 0 Å². The Hall–Kier alpha value is -2.76. The van der Waals surface area contributed by atoms with Crippen LogP contribution in [0.4, 0.5) is 5.82 Å². The molecule has 6 nitrogen and oxygen atoms in total. The lowest BCUT2D eigenvalue weighted by molar-refractivity contribution is 0.101. The zero-order chi connectivity index (χ0) is 13.7. The van der Waals surface area contributed by atoms with Crippen molar-refractivity contribution in [3.63, 3.8) is 0 Å². The summed E-state index contributed by atoms with van der Waals surface area (Å²) in [4.78, 5) is 25.0. The topological polar surface area (TPSA) is 97.6 Å². The lowest BCUT2D eigenvalue weighted by Gasteiger charge is -1.89. The Labute approximate surface area is 109 Å². The Kier molecular flexibility index (Phi) is 3.82. The summed E-state index contributed by atoms with van der Waals surface area (Å²) in [5.41, 5.74) is 7.55. The Morgan fingerprint density at radius 1 is 1.16 bits per heavy atom. The third-order valence-corrected chi connectivity index (χ3v) is 2.43. The van der Waals surface area contributed by atoms with Crippen molar-refractivity contribution in [2.24, 2.45) is 0 Å². The monoisotopic (exact) mass is 255 g/mol. The molecule has 0 unspecified atom stereocenters. The number of nitrogens with zero attached hydrogens (tertiary/aromatic N) is 3. The van der Waals surface area contributed by atoms with Crippen LogP contribution in [0.15, 0.2) is 43.0 Å². The highest BCUT2D eigenvalue weighted by Crippen LogP contribution is 2.09. The van der Waals surface area contributed by atoms with Gasteiger partial charge in [0, 0.05) is 5.56 Å². The molecule has 0 saturated carbocycles. The molecule has 6 heteroatoms. The number of hydrogen-bond donors (Lipinski definition) is 2. The van der Waals surface area contributed by atoms with Crippen LogP contribution in [0.2, 0.25) is 0 Å². The number of Topliss-reactive ketones (excluding diaryl/α,β-unsaturated/α-hetero) is 1. The molecule has 19 heavy (non-hydrogen) atoms. The first-order valence-corrected chi connectivity index (χ1v) is 5.64. The number of carbonyl (C=O) groups excluding carboxylic acids is 1. The van der Waals surface area contributed by atoms with Gasteiger partial charge in [0.05, 0.1) is 6.33 Å². The molecule has 2 heterocycles. The average molecular weight is 255 g/mol. The largest absolute Gasteiger partial charge is 0.382 e. The van der Waals surface area contributed by atoms with E-state index in [0.29, 0.717) is 17.0 Å². The molecule has 2 aromatic heterocycles. The molecule has 0 spiro atoms. The van der Waals surface area contributed by atoms with E-state index in [-0.39, 0.29) is 5.78 Å². The maximum Gasteiger partial charge on any atom is 0.182 e. The standard InChI is InChI=1S/C8H8O.C5H5N5/c1-7(9)8-5-3-2-4-6-8;6-4-3-5(9-1-7-3)10-2-8-4/h2-6H,1H3;1-2H,(H3,6,7,8,9,10). The fraction of sp³-hybridized carbons (Fsp3) is 0.0769. The maximum absolute atomic E-state index is 10.6. The summed E-state index contributed by atoms with van der Waals surface area (Å²) in [6.07, 6.45) is 2.92. The summed E-state index contributed by atoms with van der Waals surface area (Å²) in [5, 5.41) is 0. The van der Waals surface area contributed by atoms with Crippen LogP contribution < -0.4 is 5.73 Å². The number of aromatic nitrogens is 4. The molecule has 0 bridgehead atoms. The van der Waals surface area contributed by atoms with E-state index < -0.39 is 0 Å². The molecule has 0 atom stereocenters. The van der Waals surface area contributed by atoms with Gasteiger partial charge in [-0.05, 0) is 6.92 Å². The number of hydrogen-bond acceptors (Lipinski definition) is 5. The minimum absolute atomic E-state index is 0.121. The Morgan fingerprint density at radius 2 is 1.89 bits per heavy atom. The second-order valence-electron chi connectivity index (χ2n) is 3.78. The number of imidazole rings is 1. The molecule has 3 N–H and O–H groups in total. The van der Waals surface area contributed by atoms with E-state index in [2.05, 4.69) is 19.9 Å². The quantitative estimate of drug-likeness (QED) is 0.646. The summed E-state index contributed by atoms with van der Waals surface area (Å²) in [5.74, 6) is 0.554. The number of aromatic amines is 1. The van der Waals surface area contributed by atoms with Crippen molar-refractivity contribution in [2.45, 2.75) is 6.92 Å². The Morgan fingerprint density at radius 3 is 2.47 bits per heavy atom. The molecule has 0 aliphatic rings. The number of fused-ring (bicyclic) bond motifs is 1. The molecule has 1 aromatic carbocycles. The van der Waals surface area contributed by atoms with Gasteiger partial charge in [-0.3, -0.25) is 4.79 Å². The highest BCUT2D eigenvalue weighted by atomic mass is 16.1. The summed E-state index contributed by atoms with van der Waals surface area (Å²) in [6.45, 7) is 1.56. The Balaban J connectivity index is 0.000000141. The van der Waals surface area contributed by atoms with E-state index in [0.717, 1.165) is 5.56 Å². The van der Waals surface area contributed by atoms with Crippen LogP contribution in [0.1, 0.15) is 17.3 Å². The van der Waals surface area contributed by atoms with Crippen LogP contribution in [0.25, 0.3) is 11.2 Å². The molecule has 0 fully saturated rings. The third kappa shape index (κ3) is 3.12. The molecular weight excluding hydrogens is 242 g/mol. The zero-order valence-corrected chi connectivity index (χ0v) is 10.4. The van der Waals surface area contributed by atoms with Crippen LogP contribution >= 0.6 is 0 Å². The molecule has 0 amide bonds. The smallest absolute Gasteiger partial charge is 0.182 e. The maximum atomic E-state index is 10.6. The summed E-state index contributed by atoms with van der Waals surface area (Å²) in [7, 11) is 0. The highest BCUT2D eigenvalue weighted by Gasteiger charge is 1.99. The van der Waals surface area contributed by atoms with Gasteiger partial charge in [0.15, 0.2) is 17.2 Å². The van der Waals surface area contributed by atoms with Crippen molar-refractivity contribution in [1.29, 1.82) is 0 Å². The van der Waals surface area contributed by atoms with Gasteiger partial charge in [-0.2, -0.15) is 0 Å². The molecule has 0 aliphatic heterocycles. The second-order valence-corrected chi connectivity index (χ2v) is 3.78. The van der Waals surface area contributed by atoms with Crippen LogP contribution in [0.3, 0.4) is 0 Å². The van der Waals surface area contributed by atoms with Gasteiger partial charge in [0.2, 0.25) is 0 Å². The van der Waals surface area contributed by atoms with E-state index in [1.165, 1.54) is 12.7 Å². The number of anilines is 1. The van der Waals surface area contributed by atoms with Crippen LogP contribution in [-0.2, 0) is 0 Å². The Bertz CT molecular complexity index is 678. The van der Waals surface area contributed by atoms with Crippen molar-refractivity contribution in [1.82, 2.24) is 19.9 Å². The fourth-order valence-electron chi connectivity index (χ4n) is 1.46. The second kappa shape index (κ2) is 5.72. The van der Waals surface area contributed by atoms with Crippen molar-refractivity contribution in [3.8, 4) is 0 Å². The normalized spacial score (nSPS) is 9.74. The number of H-pyrrole nitrogens is 1. The van der Waals surface area contributed by atoms with E-state index in [1.807, 2.05) is 30.3 Å². The van der Waals surface area contributed by atoms with Crippen molar-refractivity contribution >= 4 is 22.8 Å². The number of nitrogens with one attached hydrogen (secondary N) is 1. The van der Waals surface area contributed by atoms with Crippen molar-refractivity contribution < 1.29 is 4.79 Å². The van der Waals surface area contributed by atoms with Gasteiger partial charge in [-0.15, -0.1) is 0 Å². The summed E-state index contributed by atoms with van der Waals surface area (Å²) < 4.78 is 0. The lowest BCUT2D eigenvalue weighted by Crippen LogP contribution is -1.91. The minimum atomic E-state index is 0.121. The van der Waals surface area contributed by atoms with Gasteiger partial charge in [-0.25, -0.2) is 15.0 Å². The van der Waals surface area contributed by atoms with Gasteiger partial charge < -0.3 is 10.7 Å². The number of nitrogen functional groups attached to an aromatic ring is 1. The number of rotatable bonds is 1. The first-order valence-electron chi connectivity index (χ1n) is 5.64. The van der Waals surface area contributed by atoms with Crippen molar-refractivity contribution in [2.75, 3.05) is 5.73 Å². The number of benzene rings is 1. The fourth-order valence-corrected chi connectivity index (χ4v) is 1.46. The van der Waals surface area contributed by atoms with Gasteiger partial charge in [-0.1, -0.05) is 30.3 Å². The summed E-state index contributed by atoms with van der Waals surface area (Å²) >= 11 is 0.